The van der Waals surface area contributed by atoms with Gasteiger partial charge in [-0.05, 0) is 37.1 Å². The molecule has 1 N–H and O–H groups in total. The summed E-state index contributed by atoms with van der Waals surface area (Å²) < 4.78 is 18.6. The highest BCUT2D eigenvalue weighted by molar-refractivity contribution is 5.80. The zero-order valence-corrected chi connectivity index (χ0v) is 18.1. The Hall–Kier alpha value is -2.35. The van der Waals surface area contributed by atoms with Crippen LogP contribution in [0.15, 0.2) is 29.3 Å². The zero-order valence-electron chi connectivity index (χ0n) is 18.1. The number of rotatable bonds is 8. The first kappa shape index (κ1) is 22.3. The summed E-state index contributed by atoms with van der Waals surface area (Å²) in [6, 6.07) is 6.04. The quantitative estimate of drug-likeness (QED) is 0.513. The zero-order chi connectivity index (χ0) is 21.3. The third-order valence-corrected chi connectivity index (χ3v) is 5.93. The molecule has 1 amide bonds. The van der Waals surface area contributed by atoms with Gasteiger partial charge in [-0.1, -0.05) is 6.42 Å². The molecule has 1 saturated carbocycles. The molecule has 1 aliphatic carbocycles. The van der Waals surface area contributed by atoms with E-state index in [1.54, 1.807) is 19.2 Å². The van der Waals surface area contributed by atoms with E-state index < -0.39 is 0 Å². The van der Waals surface area contributed by atoms with E-state index in [2.05, 4.69) is 15.2 Å². The highest BCUT2D eigenvalue weighted by Gasteiger charge is 2.31. The van der Waals surface area contributed by atoms with Gasteiger partial charge in [0.2, 0.25) is 5.91 Å². The fraction of sp³-hybridized carbons (Fsp3) is 0.636. The Bertz CT molecular complexity index is 700. The minimum absolute atomic E-state index is 0.268. The van der Waals surface area contributed by atoms with Crippen LogP contribution in [-0.2, 0) is 4.79 Å². The van der Waals surface area contributed by atoms with Crippen molar-refractivity contribution in [3.05, 3.63) is 30.1 Å². The van der Waals surface area contributed by atoms with Crippen LogP contribution in [0.2, 0.25) is 0 Å². The van der Waals surface area contributed by atoms with Gasteiger partial charge in [0, 0.05) is 59.3 Å². The smallest absolute Gasteiger partial charge is 0.225 e. The molecule has 0 atom stereocenters. The summed E-state index contributed by atoms with van der Waals surface area (Å²) in [5, 5.41) is 3.39. The molecule has 1 saturated heterocycles. The summed E-state index contributed by atoms with van der Waals surface area (Å²) in [6.45, 7) is 6.41. The number of benzene rings is 1. The first-order valence-corrected chi connectivity index (χ1v) is 10.9. The van der Waals surface area contributed by atoms with Gasteiger partial charge in [-0.25, -0.2) is 4.39 Å². The predicted molar refractivity (Wildman–Crippen MR) is 116 cm³/mol. The number of ether oxygens (including phenoxy) is 1. The highest BCUT2D eigenvalue weighted by Crippen LogP contribution is 2.28. The van der Waals surface area contributed by atoms with Crippen LogP contribution >= 0.6 is 0 Å². The molecule has 7 nitrogen and oxygen atoms in total. The van der Waals surface area contributed by atoms with E-state index in [1.807, 2.05) is 16.8 Å². The summed E-state index contributed by atoms with van der Waals surface area (Å²) in [5.41, 5.74) is 0. The van der Waals surface area contributed by atoms with Crippen LogP contribution in [0, 0.1) is 11.7 Å². The van der Waals surface area contributed by atoms with Crippen LogP contribution in [0.5, 0.6) is 5.75 Å². The molecular weight excluding hydrogens is 385 g/mol. The second-order valence-electron chi connectivity index (χ2n) is 7.99. The number of piperazine rings is 1. The number of nitrogens with one attached hydrogen (secondary N) is 1. The van der Waals surface area contributed by atoms with Crippen LogP contribution in [-0.4, -0.2) is 93.1 Å². The Morgan fingerprint density at radius 1 is 1.23 bits per heavy atom. The average molecular weight is 420 g/mol. The number of carbonyl (C=O) groups is 1. The number of nitrogens with zero attached hydrogens (tertiary/aromatic N) is 4. The van der Waals surface area contributed by atoms with E-state index >= 15 is 0 Å². The van der Waals surface area contributed by atoms with Crippen molar-refractivity contribution in [3.63, 3.8) is 0 Å². The van der Waals surface area contributed by atoms with Crippen molar-refractivity contribution in [1.82, 2.24) is 20.0 Å². The Morgan fingerprint density at radius 2 is 1.93 bits per heavy atom. The van der Waals surface area contributed by atoms with Gasteiger partial charge in [-0.3, -0.25) is 14.7 Å². The molecule has 1 aromatic rings. The van der Waals surface area contributed by atoms with E-state index in [9.17, 15) is 9.18 Å². The number of amides is 1. The molecule has 2 aliphatic rings. The van der Waals surface area contributed by atoms with Crippen molar-refractivity contribution >= 4 is 11.9 Å². The monoisotopic (exact) mass is 419 g/mol. The van der Waals surface area contributed by atoms with Gasteiger partial charge < -0.3 is 19.9 Å². The third kappa shape index (κ3) is 6.32. The van der Waals surface area contributed by atoms with Gasteiger partial charge in [0.05, 0.1) is 6.54 Å². The molecule has 0 radical (unpaired) electrons. The van der Waals surface area contributed by atoms with Gasteiger partial charge in [-0.15, -0.1) is 0 Å². The molecule has 166 valence electrons. The fourth-order valence-electron chi connectivity index (χ4n) is 3.75. The second-order valence-corrected chi connectivity index (χ2v) is 7.99. The fourth-order valence-corrected chi connectivity index (χ4v) is 3.75. The van der Waals surface area contributed by atoms with E-state index in [0.29, 0.717) is 30.7 Å². The van der Waals surface area contributed by atoms with Crippen LogP contribution < -0.4 is 10.1 Å². The Morgan fingerprint density at radius 3 is 2.53 bits per heavy atom. The third-order valence-electron chi connectivity index (χ3n) is 5.93. The molecule has 3 rings (SSSR count). The van der Waals surface area contributed by atoms with Crippen LogP contribution in [0.3, 0.4) is 0 Å². The molecule has 1 aliphatic heterocycles. The SMILES string of the molecule is CN=C(NCCN1CCN(C(=O)C2CCC2)CC1)N(C)CCOc1ccc(F)cc1. The minimum atomic E-state index is -0.268. The van der Waals surface area contributed by atoms with E-state index in [4.69, 9.17) is 4.74 Å². The minimum Gasteiger partial charge on any atom is -0.492 e. The van der Waals surface area contributed by atoms with Gasteiger partial charge in [0.1, 0.15) is 18.2 Å². The Kier molecular flexibility index (Phi) is 8.30. The normalized spacial score (nSPS) is 18.1. The lowest BCUT2D eigenvalue weighted by atomic mass is 9.84. The van der Waals surface area contributed by atoms with Crippen molar-refractivity contribution in [2.75, 3.05) is 66.5 Å². The molecule has 8 heteroatoms. The number of likely N-dealkylation sites (N-methyl/N-ethyl adjacent to an activating group) is 1. The lowest BCUT2D eigenvalue weighted by molar-refractivity contribution is -0.139. The first-order valence-electron chi connectivity index (χ1n) is 10.9. The van der Waals surface area contributed by atoms with Crippen LogP contribution in [0.4, 0.5) is 4.39 Å². The van der Waals surface area contributed by atoms with Crippen molar-refractivity contribution in [2.45, 2.75) is 19.3 Å². The molecular formula is C22H34FN5O2. The lowest BCUT2D eigenvalue weighted by Gasteiger charge is -2.38. The molecule has 1 heterocycles. The van der Waals surface area contributed by atoms with E-state index in [1.165, 1.54) is 18.6 Å². The lowest BCUT2D eigenvalue weighted by Crippen LogP contribution is -2.52. The molecule has 30 heavy (non-hydrogen) atoms. The van der Waals surface area contributed by atoms with Crippen molar-refractivity contribution in [1.29, 1.82) is 0 Å². The topological polar surface area (TPSA) is 60.4 Å². The maximum absolute atomic E-state index is 12.9. The standard InChI is InChI=1S/C22H34FN5O2/c1-24-22(26(2)16-17-30-20-8-6-19(23)7-9-20)25-10-11-27-12-14-28(15-13-27)21(29)18-4-3-5-18/h6-9,18H,3-5,10-17H2,1-2H3,(H,24,25). The summed E-state index contributed by atoms with van der Waals surface area (Å²) in [7, 11) is 3.73. The van der Waals surface area contributed by atoms with Crippen molar-refractivity contribution in [3.8, 4) is 5.75 Å². The van der Waals surface area contributed by atoms with Gasteiger partial charge in [0.15, 0.2) is 5.96 Å². The number of guanidine groups is 1. The predicted octanol–water partition coefficient (Wildman–Crippen LogP) is 1.66. The van der Waals surface area contributed by atoms with Crippen molar-refractivity contribution in [2.24, 2.45) is 10.9 Å². The Balaban J connectivity index is 1.30. The summed E-state index contributed by atoms with van der Waals surface area (Å²) in [5.74, 6) is 1.86. The number of aliphatic imine (C=N–C) groups is 1. The first-order chi connectivity index (χ1) is 14.6. The number of carbonyl (C=O) groups excluding carboxylic acids is 1. The van der Waals surface area contributed by atoms with Gasteiger partial charge in [0.25, 0.3) is 0 Å². The van der Waals surface area contributed by atoms with Gasteiger partial charge >= 0.3 is 0 Å². The van der Waals surface area contributed by atoms with Crippen LogP contribution in [0.1, 0.15) is 19.3 Å². The molecule has 0 unspecified atom stereocenters. The molecule has 0 bridgehead atoms. The Labute approximate surface area is 178 Å². The average Bonchev–Trinajstić information content (AvgIpc) is 2.71. The molecule has 0 spiro atoms. The second kappa shape index (κ2) is 11.2. The van der Waals surface area contributed by atoms with Crippen LogP contribution in [0.25, 0.3) is 0 Å². The van der Waals surface area contributed by atoms with E-state index in [0.717, 1.165) is 58.1 Å². The van der Waals surface area contributed by atoms with Gasteiger partial charge in [-0.2, -0.15) is 0 Å². The van der Waals surface area contributed by atoms with Crippen molar-refractivity contribution < 1.29 is 13.9 Å². The largest absolute Gasteiger partial charge is 0.492 e. The highest BCUT2D eigenvalue weighted by atomic mass is 19.1. The van der Waals surface area contributed by atoms with E-state index in [-0.39, 0.29) is 5.82 Å². The summed E-state index contributed by atoms with van der Waals surface area (Å²) in [4.78, 5) is 23.1. The molecule has 2 fully saturated rings. The number of halogens is 1. The number of hydrogen-bond donors (Lipinski definition) is 1. The summed E-state index contributed by atoms with van der Waals surface area (Å²) >= 11 is 0. The maximum Gasteiger partial charge on any atom is 0.225 e. The summed E-state index contributed by atoms with van der Waals surface area (Å²) in [6.07, 6.45) is 3.35. The number of hydrogen-bond acceptors (Lipinski definition) is 4. The maximum atomic E-state index is 12.9. The molecule has 0 aromatic heterocycles. The molecule has 1 aromatic carbocycles.